The Balaban J connectivity index is 1.62. The second kappa shape index (κ2) is 15.6. The van der Waals surface area contributed by atoms with Crippen LogP contribution < -0.4 is 10.1 Å². The monoisotopic (exact) mass is 616 g/mol. The number of carbonyl (C=O) groups is 1. The smallest absolute Gasteiger partial charge is 0.428 e. The zero-order valence-corrected chi connectivity index (χ0v) is 26.9. The van der Waals surface area contributed by atoms with E-state index in [1.54, 1.807) is 5.06 Å². The van der Waals surface area contributed by atoms with E-state index in [1.165, 1.54) is 0 Å². The van der Waals surface area contributed by atoms with Gasteiger partial charge in [-0.1, -0.05) is 141 Å². The lowest BCUT2D eigenvalue weighted by atomic mass is 9.75. The number of ether oxygens (including phenoxy) is 1. The number of hydrogen-bond acceptors (Lipinski definition) is 5. The number of unbranched alkanes of at least 4 members (excludes halogenated alkanes) is 2. The molecule has 46 heavy (non-hydrogen) atoms. The van der Waals surface area contributed by atoms with E-state index in [-0.39, 0.29) is 6.04 Å². The molecule has 0 saturated heterocycles. The highest BCUT2D eigenvalue weighted by molar-refractivity contribution is 5.85. The Labute approximate surface area is 272 Å². The van der Waals surface area contributed by atoms with Crippen molar-refractivity contribution >= 4 is 16.9 Å². The van der Waals surface area contributed by atoms with Crippen molar-refractivity contribution in [2.45, 2.75) is 70.9 Å². The molecule has 0 fully saturated rings. The number of benzene rings is 5. The van der Waals surface area contributed by atoms with Gasteiger partial charge in [0.05, 0.1) is 0 Å². The van der Waals surface area contributed by atoms with E-state index in [1.807, 2.05) is 111 Å². The first kappa shape index (κ1) is 32.7. The average molecular weight is 617 g/mol. The van der Waals surface area contributed by atoms with Crippen LogP contribution in [0, 0.1) is 0 Å². The van der Waals surface area contributed by atoms with Crippen molar-refractivity contribution in [3.63, 3.8) is 0 Å². The van der Waals surface area contributed by atoms with Gasteiger partial charge in [0.2, 0.25) is 0 Å². The first-order chi connectivity index (χ1) is 22.4. The van der Waals surface area contributed by atoms with E-state index < -0.39 is 17.9 Å². The van der Waals surface area contributed by atoms with Crippen molar-refractivity contribution in [1.29, 1.82) is 0 Å². The molecule has 238 valence electrons. The maximum Gasteiger partial charge on any atom is 0.428 e. The minimum absolute atomic E-state index is 0.283. The zero-order valence-electron chi connectivity index (χ0n) is 26.9. The van der Waals surface area contributed by atoms with Crippen LogP contribution in [0.4, 0.5) is 4.79 Å². The highest BCUT2D eigenvalue weighted by atomic mass is 16.7. The number of amides is 1. The molecule has 1 amide bonds. The quantitative estimate of drug-likeness (QED) is 0.0564. The third kappa shape index (κ3) is 7.25. The molecule has 0 aliphatic carbocycles. The fourth-order valence-electron chi connectivity index (χ4n) is 6.15. The molecule has 0 bridgehead atoms. The summed E-state index contributed by atoms with van der Waals surface area (Å²) in [5.41, 5.74) is 2.57. The summed E-state index contributed by atoms with van der Waals surface area (Å²) in [6, 6.07) is 42.3. The molecule has 1 atom stereocenters. The molecule has 2 N–H and O–H groups in total. The highest BCUT2D eigenvalue weighted by Gasteiger charge is 2.48. The van der Waals surface area contributed by atoms with Gasteiger partial charge in [0, 0.05) is 11.6 Å². The summed E-state index contributed by atoms with van der Waals surface area (Å²) in [5.74, 6) is 0.664. The minimum atomic E-state index is -1.11. The van der Waals surface area contributed by atoms with Crippen molar-refractivity contribution in [1.82, 2.24) is 10.4 Å². The molecule has 0 aromatic heterocycles. The Bertz CT molecular complexity index is 1650. The maximum atomic E-state index is 13.5. The second-order valence-electron chi connectivity index (χ2n) is 11.8. The van der Waals surface area contributed by atoms with Gasteiger partial charge >= 0.3 is 6.09 Å². The predicted molar refractivity (Wildman–Crippen MR) is 184 cm³/mol. The summed E-state index contributed by atoms with van der Waals surface area (Å²) in [5, 5.41) is 17.3. The molecule has 0 unspecified atom stereocenters. The molecule has 0 radical (unpaired) electrons. The standard InChI is InChI=1S/C40H44N2O4/c1-4-5-8-28-38(43)41-39(44)46-42(30(2)3)40(33-21-9-6-10-22-33,34-23-11-7-12-24-34)36-26-15-16-27-37(36)45-29-32-20-17-19-31-18-13-14-25-35(31)32/h6-7,9-27,30,38,43H,4-5,8,28-29H2,1-3H3,(H,41,44)/t38-/m0/s1. The third-order valence-corrected chi connectivity index (χ3v) is 8.27. The molecule has 6 heteroatoms. The van der Waals surface area contributed by atoms with Crippen molar-refractivity contribution in [3.05, 3.63) is 150 Å². The number of nitrogens with zero attached hydrogens (tertiary/aromatic N) is 1. The number of hydroxylamine groups is 2. The molecule has 5 rings (SSSR count). The largest absolute Gasteiger partial charge is 0.489 e. The maximum absolute atomic E-state index is 13.5. The van der Waals surface area contributed by atoms with E-state index in [0.29, 0.717) is 18.8 Å². The van der Waals surface area contributed by atoms with E-state index in [9.17, 15) is 9.90 Å². The molecule has 5 aromatic rings. The molecule has 0 aliphatic rings. The molecular formula is C40H44N2O4. The fraction of sp³-hybridized carbons (Fsp3) is 0.275. The number of fused-ring (bicyclic) bond motifs is 1. The summed E-state index contributed by atoms with van der Waals surface area (Å²) in [6.45, 7) is 6.44. The van der Waals surface area contributed by atoms with Crippen molar-refractivity contribution in [3.8, 4) is 5.75 Å². The Morgan fingerprint density at radius 2 is 1.39 bits per heavy atom. The van der Waals surface area contributed by atoms with Crippen LogP contribution in [-0.2, 0) is 17.0 Å². The van der Waals surface area contributed by atoms with Gasteiger partial charge in [-0.25, -0.2) is 4.79 Å². The minimum Gasteiger partial charge on any atom is -0.489 e. The summed E-state index contributed by atoms with van der Waals surface area (Å²) >= 11 is 0. The predicted octanol–water partition coefficient (Wildman–Crippen LogP) is 8.96. The van der Waals surface area contributed by atoms with Crippen LogP contribution in [0.1, 0.15) is 68.7 Å². The molecule has 6 nitrogen and oxygen atoms in total. The van der Waals surface area contributed by atoms with Crippen LogP contribution in [-0.4, -0.2) is 28.5 Å². The number of para-hydroxylation sites is 1. The summed E-state index contributed by atoms with van der Waals surface area (Å²) in [7, 11) is 0. The molecule has 0 aliphatic heterocycles. The Morgan fingerprint density at radius 1 is 0.783 bits per heavy atom. The SMILES string of the molecule is CCCCC[C@H](O)NC(=O)ON(C(C)C)C(c1ccccc1)(c1ccccc1)c1ccccc1OCc1cccc2ccccc12. The normalized spacial score (nSPS) is 12.3. The van der Waals surface area contributed by atoms with Gasteiger partial charge < -0.3 is 14.7 Å². The van der Waals surface area contributed by atoms with Crippen LogP contribution in [0.25, 0.3) is 10.8 Å². The van der Waals surface area contributed by atoms with Crippen LogP contribution in [0.2, 0.25) is 0 Å². The Kier molecular flexibility index (Phi) is 11.1. The van der Waals surface area contributed by atoms with Crippen molar-refractivity contribution in [2.24, 2.45) is 0 Å². The summed E-state index contributed by atoms with van der Waals surface area (Å²) in [4.78, 5) is 19.8. The molecule has 5 aromatic carbocycles. The highest BCUT2D eigenvalue weighted by Crippen LogP contribution is 2.47. The molecule has 0 spiro atoms. The number of aliphatic hydroxyl groups excluding tert-OH is 1. The topological polar surface area (TPSA) is 71.0 Å². The van der Waals surface area contributed by atoms with Crippen LogP contribution in [0.3, 0.4) is 0 Å². The van der Waals surface area contributed by atoms with E-state index in [0.717, 1.165) is 52.3 Å². The van der Waals surface area contributed by atoms with Gasteiger partial charge in [-0.2, -0.15) is 0 Å². The van der Waals surface area contributed by atoms with E-state index in [4.69, 9.17) is 9.57 Å². The third-order valence-electron chi connectivity index (χ3n) is 8.27. The zero-order chi connectivity index (χ0) is 32.4. The second-order valence-corrected chi connectivity index (χ2v) is 11.8. The van der Waals surface area contributed by atoms with Crippen LogP contribution >= 0.6 is 0 Å². The van der Waals surface area contributed by atoms with E-state index in [2.05, 4.69) is 42.6 Å². The van der Waals surface area contributed by atoms with Gasteiger partial charge in [-0.05, 0) is 60.2 Å². The number of aliphatic hydroxyl groups is 1. The lowest BCUT2D eigenvalue weighted by Crippen LogP contribution is -2.54. The van der Waals surface area contributed by atoms with Gasteiger partial charge in [0.15, 0.2) is 0 Å². The first-order valence-electron chi connectivity index (χ1n) is 16.2. The summed E-state index contributed by atoms with van der Waals surface area (Å²) in [6.07, 6.45) is 1.54. The number of nitrogens with one attached hydrogen (secondary N) is 1. The molecule has 0 saturated carbocycles. The van der Waals surface area contributed by atoms with Crippen LogP contribution in [0.15, 0.2) is 127 Å². The Hall–Kier alpha value is -4.65. The van der Waals surface area contributed by atoms with Gasteiger partial charge in [-0.3, -0.25) is 5.32 Å². The van der Waals surface area contributed by atoms with Crippen molar-refractivity contribution < 1.29 is 19.5 Å². The number of rotatable bonds is 14. The fourth-order valence-corrected chi connectivity index (χ4v) is 6.15. The van der Waals surface area contributed by atoms with Gasteiger partial charge in [-0.15, -0.1) is 5.06 Å². The van der Waals surface area contributed by atoms with E-state index >= 15 is 0 Å². The number of carbonyl (C=O) groups excluding carboxylic acids is 1. The first-order valence-corrected chi connectivity index (χ1v) is 16.2. The van der Waals surface area contributed by atoms with Gasteiger partial charge in [0.1, 0.15) is 24.1 Å². The number of hydrogen-bond donors (Lipinski definition) is 2. The molecular weight excluding hydrogens is 572 g/mol. The lowest BCUT2D eigenvalue weighted by molar-refractivity contribution is -0.176. The van der Waals surface area contributed by atoms with Crippen molar-refractivity contribution in [2.75, 3.05) is 0 Å². The Morgan fingerprint density at radius 3 is 2.07 bits per heavy atom. The summed E-state index contributed by atoms with van der Waals surface area (Å²) < 4.78 is 6.71. The average Bonchev–Trinajstić information content (AvgIpc) is 3.08. The van der Waals surface area contributed by atoms with Crippen LogP contribution in [0.5, 0.6) is 5.75 Å². The lowest BCUT2D eigenvalue weighted by Gasteiger charge is -2.45. The molecule has 0 heterocycles. The van der Waals surface area contributed by atoms with Gasteiger partial charge in [0.25, 0.3) is 0 Å².